The SMILES string of the molecule is CCN(CC)S(=O)(=O)c1ccc(CCC(=O)NCc2cccnc2OC2CCCC2)cc1. The molecule has 1 amide bonds. The highest BCUT2D eigenvalue weighted by Gasteiger charge is 2.21. The summed E-state index contributed by atoms with van der Waals surface area (Å²) >= 11 is 0. The van der Waals surface area contributed by atoms with Crippen molar-refractivity contribution in [3.05, 3.63) is 53.7 Å². The normalized spacial score (nSPS) is 14.6. The summed E-state index contributed by atoms with van der Waals surface area (Å²) in [4.78, 5) is 17.0. The third-order valence-corrected chi connectivity index (χ3v) is 7.88. The quantitative estimate of drug-likeness (QED) is 0.554. The number of rotatable bonds is 11. The van der Waals surface area contributed by atoms with E-state index in [1.54, 1.807) is 30.5 Å². The van der Waals surface area contributed by atoms with E-state index >= 15 is 0 Å². The molecule has 0 spiro atoms. The summed E-state index contributed by atoms with van der Waals surface area (Å²) in [5.41, 5.74) is 1.80. The van der Waals surface area contributed by atoms with Crippen LogP contribution in [0.4, 0.5) is 0 Å². The number of aromatic nitrogens is 1. The van der Waals surface area contributed by atoms with Gasteiger partial charge in [0, 0.05) is 37.8 Å². The smallest absolute Gasteiger partial charge is 0.243 e. The first-order valence-electron chi connectivity index (χ1n) is 11.4. The van der Waals surface area contributed by atoms with Gasteiger partial charge in [0.1, 0.15) is 6.10 Å². The highest BCUT2D eigenvalue weighted by atomic mass is 32.2. The van der Waals surface area contributed by atoms with Gasteiger partial charge in [-0.25, -0.2) is 13.4 Å². The van der Waals surface area contributed by atoms with Gasteiger partial charge in [-0.3, -0.25) is 4.79 Å². The average Bonchev–Trinajstić information content (AvgIpc) is 3.31. The summed E-state index contributed by atoms with van der Waals surface area (Å²) in [5, 5.41) is 2.94. The Labute approximate surface area is 191 Å². The Hall–Kier alpha value is -2.45. The minimum Gasteiger partial charge on any atom is -0.474 e. The van der Waals surface area contributed by atoms with E-state index < -0.39 is 10.0 Å². The first-order valence-corrected chi connectivity index (χ1v) is 12.8. The molecule has 0 aliphatic heterocycles. The molecule has 1 N–H and O–H groups in total. The first-order chi connectivity index (χ1) is 15.4. The number of aryl methyl sites for hydroxylation is 1. The largest absolute Gasteiger partial charge is 0.474 e. The molecule has 1 aliphatic rings. The number of carbonyl (C=O) groups excluding carboxylic acids is 1. The van der Waals surface area contributed by atoms with Crippen LogP contribution in [0.25, 0.3) is 0 Å². The molecule has 1 aromatic heterocycles. The van der Waals surface area contributed by atoms with E-state index in [-0.39, 0.29) is 16.9 Å². The lowest BCUT2D eigenvalue weighted by atomic mass is 10.1. The number of hydrogen-bond donors (Lipinski definition) is 1. The van der Waals surface area contributed by atoms with Crippen LogP contribution in [0.2, 0.25) is 0 Å². The number of hydrogen-bond acceptors (Lipinski definition) is 5. The second kappa shape index (κ2) is 11.4. The second-order valence-electron chi connectivity index (χ2n) is 8.00. The fourth-order valence-electron chi connectivity index (χ4n) is 3.91. The predicted molar refractivity (Wildman–Crippen MR) is 124 cm³/mol. The Morgan fingerprint density at radius 3 is 2.47 bits per heavy atom. The summed E-state index contributed by atoms with van der Waals surface area (Å²) in [6.07, 6.45) is 7.26. The Kier molecular flexibility index (Phi) is 8.64. The molecule has 1 saturated carbocycles. The van der Waals surface area contributed by atoms with E-state index in [0.29, 0.717) is 38.4 Å². The Morgan fingerprint density at radius 1 is 1.12 bits per heavy atom. The van der Waals surface area contributed by atoms with Crippen molar-refractivity contribution in [1.82, 2.24) is 14.6 Å². The molecule has 0 atom stereocenters. The van der Waals surface area contributed by atoms with Crippen LogP contribution in [0.1, 0.15) is 57.1 Å². The summed E-state index contributed by atoms with van der Waals surface area (Å²) in [5.74, 6) is 0.533. The van der Waals surface area contributed by atoms with Crippen LogP contribution in [-0.4, -0.2) is 42.8 Å². The van der Waals surface area contributed by atoms with Crippen molar-refractivity contribution in [3.63, 3.8) is 0 Å². The zero-order chi connectivity index (χ0) is 23.0. The number of nitrogens with zero attached hydrogens (tertiary/aromatic N) is 2. The van der Waals surface area contributed by atoms with Crippen LogP contribution < -0.4 is 10.1 Å². The molecule has 1 fully saturated rings. The van der Waals surface area contributed by atoms with Gasteiger partial charge in [0.05, 0.1) is 4.90 Å². The molecule has 174 valence electrons. The Morgan fingerprint density at radius 2 is 1.81 bits per heavy atom. The third-order valence-electron chi connectivity index (χ3n) is 5.81. The Balaban J connectivity index is 1.50. The lowest BCUT2D eigenvalue weighted by Crippen LogP contribution is -2.30. The molecule has 1 aliphatic carbocycles. The zero-order valence-corrected chi connectivity index (χ0v) is 19.7. The highest BCUT2D eigenvalue weighted by Crippen LogP contribution is 2.25. The molecule has 0 bridgehead atoms. The van der Waals surface area contributed by atoms with Crippen LogP contribution in [0.3, 0.4) is 0 Å². The fraction of sp³-hybridized carbons (Fsp3) is 0.500. The van der Waals surface area contributed by atoms with Crippen molar-refractivity contribution < 1.29 is 17.9 Å². The molecule has 1 heterocycles. The molecule has 2 aromatic rings. The molecule has 8 heteroatoms. The predicted octanol–water partition coefficient (Wildman–Crippen LogP) is 3.68. The molecule has 0 saturated heterocycles. The number of benzene rings is 1. The second-order valence-corrected chi connectivity index (χ2v) is 9.94. The molecule has 32 heavy (non-hydrogen) atoms. The summed E-state index contributed by atoms with van der Waals surface area (Å²) in [7, 11) is -3.47. The van der Waals surface area contributed by atoms with Gasteiger partial charge >= 0.3 is 0 Å². The molecule has 1 aromatic carbocycles. The number of nitrogens with one attached hydrogen (secondary N) is 1. The van der Waals surface area contributed by atoms with Crippen LogP contribution in [0.5, 0.6) is 5.88 Å². The zero-order valence-electron chi connectivity index (χ0n) is 18.9. The van der Waals surface area contributed by atoms with Gasteiger partial charge in [-0.15, -0.1) is 0 Å². The van der Waals surface area contributed by atoms with Gasteiger partial charge in [0.15, 0.2) is 0 Å². The van der Waals surface area contributed by atoms with E-state index in [4.69, 9.17) is 4.74 Å². The van der Waals surface area contributed by atoms with Crippen LogP contribution in [0, 0.1) is 0 Å². The number of carbonyl (C=O) groups is 1. The first kappa shape index (κ1) is 24.2. The molecule has 0 radical (unpaired) electrons. The number of ether oxygens (including phenoxy) is 1. The van der Waals surface area contributed by atoms with E-state index in [9.17, 15) is 13.2 Å². The maximum absolute atomic E-state index is 12.6. The fourth-order valence-corrected chi connectivity index (χ4v) is 5.37. The molecular weight excluding hydrogens is 426 g/mol. The van der Waals surface area contributed by atoms with E-state index in [1.807, 2.05) is 26.0 Å². The van der Waals surface area contributed by atoms with E-state index in [0.717, 1.165) is 24.0 Å². The standard InChI is InChI=1S/C24H33N3O4S/c1-3-27(4-2)32(29,30)22-14-11-19(12-15-22)13-16-23(28)26-18-20-8-7-17-25-24(20)31-21-9-5-6-10-21/h7-8,11-12,14-15,17,21H,3-6,9-10,13,16,18H2,1-2H3,(H,26,28). The summed E-state index contributed by atoms with van der Waals surface area (Å²) < 4.78 is 32.6. The minimum atomic E-state index is -3.47. The number of sulfonamides is 1. The van der Waals surface area contributed by atoms with Crippen molar-refractivity contribution in [3.8, 4) is 5.88 Å². The molecule has 0 unspecified atom stereocenters. The topological polar surface area (TPSA) is 88.6 Å². The van der Waals surface area contributed by atoms with Gasteiger partial charge in [0.2, 0.25) is 21.8 Å². The minimum absolute atomic E-state index is 0.0690. The van der Waals surface area contributed by atoms with Gasteiger partial charge in [0.25, 0.3) is 0 Å². The van der Waals surface area contributed by atoms with Crippen molar-refractivity contribution in [2.24, 2.45) is 0 Å². The third kappa shape index (κ3) is 6.29. The average molecular weight is 460 g/mol. The van der Waals surface area contributed by atoms with E-state index in [1.165, 1.54) is 17.1 Å². The van der Waals surface area contributed by atoms with Crippen molar-refractivity contribution in [2.45, 2.75) is 69.9 Å². The monoisotopic (exact) mass is 459 g/mol. The highest BCUT2D eigenvalue weighted by molar-refractivity contribution is 7.89. The maximum Gasteiger partial charge on any atom is 0.243 e. The van der Waals surface area contributed by atoms with Crippen LogP contribution in [-0.2, 0) is 27.8 Å². The Bertz CT molecular complexity index is 983. The van der Waals surface area contributed by atoms with Gasteiger partial charge in [-0.1, -0.05) is 32.0 Å². The number of pyridine rings is 1. The van der Waals surface area contributed by atoms with Crippen molar-refractivity contribution in [1.29, 1.82) is 0 Å². The van der Waals surface area contributed by atoms with Crippen molar-refractivity contribution in [2.75, 3.05) is 13.1 Å². The van der Waals surface area contributed by atoms with Gasteiger partial charge in [-0.2, -0.15) is 4.31 Å². The lowest BCUT2D eigenvalue weighted by molar-refractivity contribution is -0.121. The summed E-state index contributed by atoms with van der Waals surface area (Å²) in [6, 6.07) is 10.5. The molecular formula is C24H33N3O4S. The van der Waals surface area contributed by atoms with Crippen LogP contribution >= 0.6 is 0 Å². The lowest BCUT2D eigenvalue weighted by Gasteiger charge is -2.18. The summed E-state index contributed by atoms with van der Waals surface area (Å²) in [6.45, 7) is 4.89. The molecule has 7 nitrogen and oxygen atoms in total. The van der Waals surface area contributed by atoms with E-state index in [2.05, 4.69) is 10.3 Å². The van der Waals surface area contributed by atoms with Crippen LogP contribution in [0.15, 0.2) is 47.5 Å². The molecule has 3 rings (SSSR count). The maximum atomic E-state index is 12.6. The van der Waals surface area contributed by atoms with Gasteiger partial charge < -0.3 is 10.1 Å². The van der Waals surface area contributed by atoms with Gasteiger partial charge in [-0.05, 0) is 55.9 Å². The number of amides is 1. The van der Waals surface area contributed by atoms with Crippen molar-refractivity contribution >= 4 is 15.9 Å².